The number of aromatic nitrogens is 4. The zero-order valence-electron chi connectivity index (χ0n) is 20.1. The third-order valence-electron chi connectivity index (χ3n) is 5.95. The number of nitrogens with zero attached hydrogens (tertiary/aromatic N) is 5. The highest BCUT2D eigenvalue weighted by Gasteiger charge is 2.35. The van der Waals surface area contributed by atoms with E-state index in [1.807, 2.05) is 25.1 Å². The lowest BCUT2D eigenvalue weighted by molar-refractivity contribution is 0.0719. The van der Waals surface area contributed by atoms with Gasteiger partial charge in [0.25, 0.3) is 0 Å². The van der Waals surface area contributed by atoms with Crippen molar-refractivity contribution in [3.63, 3.8) is 0 Å². The molecule has 8 nitrogen and oxygen atoms in total. The fourth-order valence-corrected chi connectivity index (χ4v) is 4.49. The van der Waals surface area contributed by atoms with E-state index in [0.29, 0.717) is 36.4 Å². The lowest BCUT2D eigenvalue weighted by Gasteiger charge is -2.22. The first-order valence-electron chi connectivity index (χ1n) is 11.7. The Labute approximate surface area is 205 Å². The van der Waals surface area contributed by atoms with Crippen molar-refractivity contribution in [2.24, 2.45) is 0 Å². The van der Waals surface area contributed by atoms with Crippen LogP contribution in [-0.2, 0) is 17.6 Å². The van der Waals surface area contributed by atoms with E-state index < -0.39 is 0 Å². The highest BCUT2D eigenvalue weighted by atomic mass is 35.5. The maximum Gasteiger partial charge on any atom is 0.225 e. The van der Waals surface area contributed by atoms with E-state index in [2.05, 4.69) is 34.0 Å². The molecule has 2 atom stereocenters. The van der Waals surface area contributed by atoms with Crippen molar-refractivity contribution in [2.75, 3.05) is 37.0 Å². The molecular weight excluding hydrogens is 452 g/mol. The van der Waals surface area contributed by atoms with Crippen LogP contribution in [0.2, 0.25) is 5.02 Å². The van der Waals surface area contributed by atoms with Gasteiger partial charge in [0, 0.05) is 37.7 Å². The standard InChI is InChI=1S/C25H31ClN6O2/c1-5-19-23(17-10-9-16(33-4)13-18(17)26)29-20(6-2)24(30-19)31-21-14-32(15-22(21)34-7-3)25-27-11-8-12-28-25/h8-13,21-22H,5-7,14-15H2,1-4H3,(H,30,31)/t21-,22+/m1/s1. The summed E-state index contributed by atoms with van der Waals surface area (Å²) < 4.78 is 11.4. The van der Waals surface area contributed by atoms with Gasteiger partial charge in [-0.3, -0.25) is 0 Å². The van der Waals surface area contributed by atoms with Crippen molar-refractivity contribution in [3.05, 3.63) is 53.1 Å². The number of nitrogens with one attached hydrogen (secondary N) is 1. The lowest BCUT2D eigenvalue weighted by atomic mass is 10.1. The van der Waals surface area contributed by atoms with E-state index in [9.17, 15) is 0 Å². The number of rotatable bonds is 9. The van der Waals surface area contributed by atoms with Gasteiger partial charge < -0.3 is 19.7 Å². The molecule has 1 N–H and O–H groups in total. The number of anilines is 2. The smallest absolute Gasteiger partial charge is 0.225 e. The van der Waals surface area contributed by atoms with Gasteiger partial charge >= 0.3 is 0 Å². The molecule has 1 saturated heterocycles. The van der Waals surface area contributed by atoms with Gasteiger partial charge in [-0.1, -0.05) is 25.4 Å². The maximum atomic E-state index is 6.58. The minimum absolute atomic E-state index is 0.0129. The summed E-state index contributed by atoms with van der Waals surface area (Å²) in [6.45, 7) is 8.23. The second-order valence-electron chi connectivity index (χ2n) is 8.07. The molecule has 0 amide bonds. The quantitative estimate of drug-likeness (QED) is 0.479. The number of aryl methyl sites for hydroxylation is 2. The largest absolute Gasteiger partial charge is 0.497 e. The molecule has 0 saturated carbocycles. The molecule has 3 aromatic rings. The normalized spacial score (nSPS) is 17.7. The van der Waals surface area contributed by atoms with Crippen LogP contribution in [0, 0.1) is 0 Å². The Morgan fingerprint density at radius 3 is 2.47 bits per heavy atom. The SMILES string of the molecule is CCO[C@H]1CN(c2ncccn2)C[C@H]1Nc1nc(CC)c(-c2ccc(OC)cc2Cl)nc1CC. The lowest BCUT2D eigenvalue weighted by Crippen LogP contribution is -2.35. The van der Waals surface area contributed by atoms with Crippen molar-refractivity contribution < 1.29 is 9.47 Å². The third kappa shape index (κ3) is 5.08. The van der Waals surface area contributed by atoms with Crippen molar-refractivity contribution in [1.29, 1.82) is 0 Å². The fraction of sp³-hybridized carbons (Fsp3) is 0.440. The van der Waals surface area contributed by atoms with E-state index in [1.54, 1.807) is 25.6 Å². The van der Waals surface area contributed by atoms with Crippen LogP contribution in [0.1, 0.15) is 32.2 Å². The minimum atomic E-state index is -0.0129. The van der Waals surface area contributed by atoms with E-state index in [-0.39, 0.29) is 12.1 Å². The Bertz CT molecular complexity index is 1110. The highest BCUT2D eigenvalue weighted by molar-refractivity contribution is 6.33. The molecule has 0 bridgehead atoms. The first kappa shape index (κ1) is 24.2. The van der Waals surface area contributed by atoms with Gasteiger partial charge in [-0.25, -0.2) is 19.9 Å². The van der Waals surface area contributed by atoms with Crippen molar-refractivity contribution in [2.45, 2.75) is 45.8 Å². The molecular formula is C25H31ClN6O2. The Kier molecular flexibility index (Phi) is 7.80. The van der Waals surface area contributed by atoms with Crippen LogP contribution in [0.5, 0.6) is 5.75 Å². The summed E-state index contributed by atoms with van der Waals surface area (Å²) >= 11 is 6.58. The van der Waals surface area contributed by atoms with Gasteiger partial charge in [0.15, 0.2) is 0 Å². The Balaban J connectivity index is 1.65. The van der Waals surface area contributed by atoms with Crippen LogP contribution in [0.25, 0.3) is 11.3 Å². The van der Waals surface area contributed by atoms with Gasteiger partial charge in [-0.15, -0.1) is 0 Å². The Hall–Kier alpha value is -2.97. The van der Waals surface area contributed by atoms with Crippen molar-refractivity contribution >= 4 is 23.4 Å². The molecule has 1 fully saturated rings. The predicted octanol–water partition coefficient (Wildman–Crippen LogP) is 4.43. The molecule has 4 rings (SSSR count). The number of hydrogen-bond donors (Lipinski definition) is 1. The third-order valence-corrected chi connectivity index (χ3v) is 6.26. The zero-order chi connectivity index (χ0) is 24.1. The van der Waals surface area contributed by atoms with Crippen LogP contribution < -0.4 is 15.0 Å². The summed E-state index contributed by atoms with van der Waals surface area (Å²) in [5.41, 5.74) is 3.45. The topological polar surface area (TPSA) is 85.3 Å². The van der Waals surface area contributed by atoms with Crippen molar-refractivity contribution in [3.8, 4) is 17.0 Å². The van der Waals surface area contributed by atoms with Crippen LogP contribution in [0.4, 0.5) is 11.8 Å². The zero-order valence-corrected chi connectivity index (χ0v) is 20.8. The first-order valence-corrected chi connectivity index (χ1v) is 12.1. The van der Waals surface area contributed by atoms with Gasteiger partial charge in [0.2, 0.25) is 5.95 Å². The average molecular weight is 483 g/mol. The summed E-state index contributed by atoms with van der Waals surface area (Å²) in [4.78, 5) is 21.0. The molecule has 0 unspecified atom stereocenters. The number of halogens is 1. The summed E-state index contributed by atoms with van der Waals surface area (Å²) in [6, 6.07) is 7.49. The Morgan fingerprint density at radius 2 is 1.82 bits per heavy atom. The van der Waals surface area contributed by atoms with E-state index in [4.69, 9.17) is 31.0 Å². The van der Waals surface area contributed by atoms with Gasteiger partial charge in [-0.2, -0.15) is 0 Å². The molecule has 3 heterocycles. The van der Waals surface area contributed by atoms with Crippen LogP contribution in [0.15, 0.2) is 36.7 Å². The molecule has 0 radical (unpaired) electrons. The molecule has 0 aliphatic carbocycles. The summed E-state index contributed by atoms with van der Waals surface area (Å²) in [5.74, 6) is 2.21. The van der Waals surface area contributed by atoms with Crippen LogP contribution in [0.3, 0.4) is 0 Å². The number of methoxy groups -OCH3 is 1. The molecule has 180 valence electrons. The second-order valence-corrected chi connectivity index (χ2v) is 8.47. The van der Waals surface area contributed by atoms with E-state index >= 15 is 0 Å². The van der Waals surface area contributed by atoms with Crippen LogP contribution in [-0.4, -0.2) is 58.9 Å². The van der Waals surface area contributed by atoms with Crippen LogP contribution >= 0.6 is 11.6 Å². The first-order chi connectivity index (χ1) is 16.6. The minimum Gasteiger partial charge on any atom is -0.497 e. The van der Waals surface area contributed by atoms with E-state index in [1.165, 1.54) is 0 Å². The van der Waals surface area contributed by atoms with Gasteiger partial charge in [-0.05, 0) is 44.0 Å². The van der Waals surface area contributed by atoms with Gasteiger partial charge in [0.05, 0.1) is 41.4 Å². The predicted molar refractivity (Wildman–Crippen MR) is 135 cm³/mol. The summed E-state index contributed by atoms with van der Waals surface area (Å²) in [7, 11) is 1.63. The monoisotopic (exact) mass is 482 g/mol. The number of benzene rings is 1. The maximum absolute atomic E-state index is 6.58. The van der Waals surface area contributed by atoms with E-state index in [0.717, 1.165) is 41.3 Å². The molecule has 34 heavy (non-hydrogen) atoms. The Morgan fingerprint density at radius 1 is 1.06 bits per heavy atom. The van der Waals surface area contributed by atoms with Gasteiger partial charge in [0.1, 0.15) is 11.6 Å². The summed E-state index contributed by atoms with van der Waals surface area (Å²) in [5, 5.41) is 4.23. The van der Waals surface area contributed by atoms with Crippen molar-refractivity contribution in [1.82, 2.24) is 19.9 Å². The number of ether oxygens (including phenoxy) is 2. The molecule has 1 aliphatic heterocycles. The summed E-state index contributed by atoms with van der Waals surface area (Å²) in [6.07, 6.45) is 4.97. The molecule has 0 spiro atoms. The highest BCUT2D eigenvalue weighted by Crippen LogP contribution is 2.33. The molecule has 2 aromatic heterocycles. The molecule has 1 aromatic carbocycles. The molecule has 9 heteroatoms. The molecule has 1 aliphatic rings. The second kappa shape index (κ2) is 11.0. The number of hydrogen-bond acceptors (Lipinski definition) is 8. The average Bonchev–Trinajstić information content (AvgIpc) is 3.26. The fourth-order valence-electron chi connectivity index (χ4n) is 4.23.